The Balaban J connectivity index is 1.52. The van der Waals surface area contributed by atoms with E-state index in [0.717, 1.165) is 10.9 Å². The van der Waals surface area contributed by atoms with Gasteiger partial charge in [0.25, 0.3) is 0 Å². The average Bonchev–Trinajstić information content (AvgIpc) is 3.47. The first kappa shape index (κ1) is 26.8. The van der Waals surface area contributed by atoms with Crippen molar-refractivity contribution in [3.8, 4) is 0 Å². The number of likely N-dealkylation sites (tertiary alicyclic amines) is 1. The highest BCUT2D eigenvalue weighted by Gasteiger charge is 2.39. The number of benzene rings is 2. The number of rotatable bonds is 10. The second kappa shape index (κ2) is 11.9. The highest BCUT2D eigenvalue weighted by Crippen LogP contribution is 2.24. The molecule has 2 heterocycles. The van der Waals surface area contributed by atoms with Crippen molar-refractivity contribution in [1.29, 1.82) is 0 Å². The molecule has 3 aromatic rings. The predicted octanol–water partition coefficient (Wildman–Crippen LogP) is 3.16. The molecular weight excluding hydrogens is 499 g/mol. The first-order valence-electron chi connectivity index (χ1n) is 12.1. The third-order valence-corrected chi connectivity index (χ3v) is 6.91. The molecule has 1 saturated heterocycles. The molecule has 0 aliphatic carbocycles. The molecule has 2 amide bonds. The van der Waals surface area contributed by atoms with Crippen LogP contribution in [0.2, 0.25) is 5.02 Å². The molecule has 37 heavy (non-hydrogen) atoms. The van der Waals surface area contributed by atoms with E-state index in [4.69, 9.17) is 16.3 Å². The number of amides is 2. The summed E-state index contributed by atoms with van der Waals surface area (Å²) in [6, 6.07) is 11.2. The number of carbonyl (C=O) groups excluding carboxylic acids is 3. The van der Waals surface area contributed by atoms with Crippen LogP contribution in [0.25, 0.3) is 10.9 Å². The standard InChI is InChI=1S/C27H30ClFN4O4/c1-17(34)21-15-32(23-9-4-3-7-20(21)23)16-25(35)33-14-19(30-10-11-37-2)12-24(33)27(36)31-13-18-6-5-8-22(28)26(18)29/h3-9,15,19,24,30H,10-14,16H2,1-2H3,(H,31,36)/t19-,24-/m0/s1. The molecule has 1 aliphatic heterocycles. The van der Waals surface area contributed by atoms with E-state index in [0.29, 0.717) is 31.7 Å². The Bertz CT molecular complexity index is 1310. The van der Waals surface area contributed by atoms with Crippen molar-refractivity contribution >= 4 is 40.1 Å². The van der Waals surface area contributed by atoms with Crippen LogP contribution in [-0.4, -0.2) is 66.0 Å². The summed E-state index contributed by atoms with van der Waals surface area (Å²) < 4.78 is 21.1. The molecular formula is C27H30ClFN4O4. The van der Waals surface area contributed by atoms with E-state index in [1.807, 2.05) is 24.3 Å². The fourth-order valence-corrected chi connectivity index (χ4v) is 4.95. The normalized spacial score (nSPS) is 17.4. The van der Waals surface area contributed by atoms with Gasteiger partial charge in [0.05, 0.1) is 11.6 Å². The van der Waals surface area contributed by atoms with Gasteiger partial charge in [0, 0.05) is 61.0 Å². The molecule has 10 heteroatoms. The Hall–Kier alpha value is -3.27. The van der Waals surface area contributed by atoms with Crippen molar-refractivity contribution in [3.05, 3.63) is 70.6 Å². The van der Waals surface area contributed by atoms with Gasteiger partial charge in [-0.15, -0.1) is 0 Å². The number of hydrogen-bond acceptors (Lipinski definition) is 5. The maximum atomic E-state index is 14.3. The quantitative estimate of drug-likeness (QED) is 0.311. The Kier molecular flexibility index (Phi) is 8.58. The molecule has 1 aromatic heterocycles. The van der Waals surface area contributed by atoms with Crippen LogP contribution in [0.5, 0.6) is 0 Å². The largest absolute Gasteiger partial charge is 0.383 e. The van der Waals surface area contributed by atoms with Gasteiger partial charge in [-0.05, 0) is 25.5 Å². The maximum Gasteiger partial charge on any atom is 0.243 e. The topological polar surface area (TPSA) is 92.7 Å². The van der Waals surface area contributed by atoms with Gasteiger partial charge in [-0.2, -0.15) is 0 Å². The van der Waals surface area contributed by atoms with Crippen LogP contribution >= 0.6 is 11.6 Å². The number of para-hydroxylation sites is 1. The lowest BCUT2D eigenvalue weighted by atomic mass is 10.1. The van der Waals surface area contributed by atoms with Crippen LogP contribution in [-0.2, 0) is 27.4 Å². The van der Waals surface area contributed by atoms with Gasteiger partial charge in [-0.1, -0.05) is 41.9 Å². The number of methoxy groups -OCH3 is 1. The minimum atomic E-state index is -0.733. The predicted molar refractivity (Wildman–Crippen MR) is 139 cm³/mol. The number of ketones is 1. The van der Waals surface area contributed by atoms with E-state index in [-0.39, 0.29) is 47.3 Å². The highest BCUT2D eigenvalue weighted by molar-refractivity contribution is 6.30. The van der Waals surface area contributed by atoms with Crippen molar-refractivity contribution in [2.24, 2.45) is 0 Å². The zero-order valence-corrected chi connectivity index (χ0v) is 21.6. The minimum Gasteiger partial charge on any atom is -0.383 e. The van der Waals surface area contributed by atoms with Crippen molar-refractivity contribution in [2.75, 3.05) is 26.8 Å². The lowest BCUT2D eigenvalue weighted by Crippen LogP contribution is -2.46. The van der Waals surface area contributed by atoms with E-state index in [1.165, 1.54) is 13.0 Å². The minimum absolute atomic E-state index is 0.0179. The molecule has 2 atom stereocenters. The number of ether oxygens (including phenoxy) is 1. The monoisotopic (exact) mass is 528 g/mol. The number of carbonyl (C=O) groups is 3. The SMILES string of the molecule is COCCN[C@H]1C[C@@H](C(=O)NCc2cccc(Cl)c2F)N(C(=O)Cn2cc(C(C)=O)c3ccccc32)C1. The summed E-state index contributed by atoms with van der Waals surface area (Å²) in [4.78, 5) is 40.4. The molecule has 4 rings (SSSR count). The Morgan fingerprint density at radius 2 is 1.95 bits per heavy atom. The summed E-state index contributed by atoms with van der Waals surface area (Å²) >= 11 is 5.86. The molecule has 8 nitrogen and oxygen atoms in total. The van der Waals surface area contributed by atoms with Crippen LogP contribution in [0.3, 0.4) is 0 Å². The van der Waals surface area contributed by atoms with Gasteiger partial charge in [0.15, 0.2) is 5.78 Å². The van der Waals surface area contributed by atoms with Crippen molar-refractivity contribution in [1.82, 2.24) is 20.1 Å². The number of nitrogens with zero attached hydrogens (tertiary/aromatic N) is 2. The van der Waals surface area contributed by atoms with Gasteiger partial charge in [-0.25, -0.2) is 4.39 Å². The Labute approximate surface area is 219 Å². The number of Topliss-reactive ketones (excluding diaryl/α,β-unsaturated/α-hetero) is 1. The number of aromatic nitrogens is 1. The second-order valence-corrected chi connectivity index (χ2v) is 9.52. The number of halogens is 2. The van der Waals surface area contributed by atoms with Gasteiger partial charge in [-0.3, -0.25) is 14.4 Å². The third-order valence-electron chi connectivity index (χ3n) is 6.62. The fraction of sp³-hybridized carbons (Fsp3) is 0.370. The number of hydrogen-bond donors (Lipinski definition) is 2. The molecule has 0 bridgehead atoms. The fourth-order valence-electron chi connectivity index (χ4n) is 4.75. The first-order chi connectivity index (χ1) is 17.8. The van der Waals surface area contributed by atoms with Crippen LogP contribution in [0.1, 0.15) is 29.3 Å². The molecule has 0 unspecified atom stereocenters. The summed E-state index contributed by atoms with van der Waals surface area (Å²) in [7, 11) is 1.61. The van der Waals surface area contributed by atoms with Crippen molar-refractivity contribution in [3.63, 3.8) is 0 Å². The van der Waals surface area contributed by atoms with Crippen molar-refractivity contribution in [2.45, 2.75) is 38.5 Å². The summed E-state index contributed by atoms with van der Waals surface area (Å²) in [6.45, 7) is 2.84. The first-order valence-corrected chi connectivity index (χ1v) is 12.5. The van der Waals surface area contributed by atoms with Gasteiger partial charge >= 0.3 is 0 Å². The van der Waals surface area contributed by atoms with Crippen molar-refractivity contribution < 1.29 is 23.5 Å². The molecule has 1 aliphatic rings. The van der Waals surface area contributed by atoms with E-state index in [1.54, 1.807) is 34.9 Å². The summed E-state index contributed by atoms with van der Waals surface area (Å²) in [6.07, 6.45) is 2.09. The molecule has 0 radical (unpaired) electrons. The van der Waals surface area contributed by atoms with Crippen LogP contribution in [0.4, 0.5) is 4.39 Å². The third kappa shape index (κ3) is 6.01. The smallest absolute Gasteiger partial charge is 0.243 e. The summed E-state index contributed by atoms with van der Waals surface area (Å²) in [5.74, 6) is -1.29. The number of fused-ring (bicyclic) bond motifs is 1. The lowest BCUT2D eigenvalue weighted by Gasteiger charge is -2.24. The highest BCUT2D eigenvalue weighted by atomic mass is 35.5. The zero-order valence-electron chi connectivity index (χ0n) is 20.8. The number of nitrogens with one attached hydrogen (secondary N) is 2. The summed E-state index contributed by atoms with van der Waals surface area (Å²) in [5.41, 5.74) is 1.58. The van der Waals surface area contributed by atoms with Crippen LogP contribution in [0, 0.1) is 5.82 Å². The van der Waals surface area contributed by atoms with Crippen LogP contribution < -0.4 is 10.6 Å². The van der Waals surface area contributed by atoms with E-state index in [2.05, 4.69) is 10.6 Å². The second-order valence-electron chi connectivity index (χ2n) is 9.12. The van der Waals surface area contributed by atoms with Gasteiger partial charge < -0.3 is 24.8 Å². The Morgan fingerprint density at radius 3 is 2.70 bits per heavy atom. The molecule has 0 spiro atoms. The van der Waals surface area contributed by atoms with E-state index >= 15 is 0 Å². The molecule has 196 valence electrons. The molecule has 2 N–H and O–H groups in total. The average molecular weight is 529 g/mol. The molecule has 0 saturated carbocycles. The zero-order chi connectivity index (χ0) is 26.5. The summed E-state index contributed by atoms with van der Waals surface area (Å²) in [5, 5.41) is 6.85. The molecule has 2 aromatic carbocycles. The van der Waals surface area contributed by atoms with Crippen LogP contribution in [0.15, 0.2) is 48.7 Å². The Morgan fingerprint density at radius 1 is 1.16 bits per heavy atom. The maximum absolute atomic E-state index is 14.3. The lowest BCUT2D eigenvalue weighted by molar-refractivity contribution is -0.138. The molecule has 1 fully saturated rings. The van der Waals surface area contributed by atoms with Gasteiger partial charge in [0.2, 0.25) is 11.8 Å². The van der Waals surface area contributed by atoms with Gasteiger partial charge in [0.1, 0.15) is 18.4 Å². The van der Waals surface area contributed by atoms with E-state index in [9.17, 15) is 18.8 Å². The van der Waals surface area contributed by atoms with E-state index < -0.39 is 11.9 Å².